The molecule has 1 N–H and O–H groups in total. The number of carbonyl (C=O) groups is 2. The van der Waals surface area contributed by atoms with Crippen LogP contribution < -0.4 is 5.32 Å². The Balaban J connectivity index is 1.84. The van der Waals surface area contributed by atoms with Crippen molar-refractivity contribution in [3.63, 3.8) is 0 Å². The second kappa shape index (κ2) is 6.88. The minimum atomic E-state index is -0.751. The van der Waals surface area contributed by atoms with Crippen LogP contribution in [0, 0.1) is 5.92 Å². The molecule has 0 spiro atoms. The molecule has 0 aliphatic heterocycles. The van der Waals surface area contributed by atoms with E-state index in [1.54, 1.807) is 19.1 Å². The van der Waals surface area contributed by atoms with Gasteiger partial charge in [-0.3, -0.25) is 4.79 Å². The van der Waals surface area contributed by atoms with Gasteiger partial charge in [-0.05, 0) is 37.1 Å². The molecule has 20 heavy (non-hydrogen) atoms. The normalized spacial score (nSPS) is 23.9. The number of ether oxygens (including phenoxy) is 1. The monoisotopic (exact) mass is 295 g/mol. The Morgan fingerprint density at radius 2 is 2.15 bits per heavy atom. The third kappa shape index (κ3) is 3.82. The number of rotatable bonds is 4. The fourth-order valence-electron chi connectivity index (χ4n) is 2.50. The molecule has 1 heterocycles. The van der Waals surface area contributed by atoms with E-state index in [9.17, 15) is 9.59 Å². The molecule has 1 aromatic heterocycles. The van der Waals surface area contributed by atoms with Gasteiger partial charge in [0.05, 0.1) is 0 Å². The first-order valence-corrected chi connectivity index (χ1v) is 8.00. The first kappa shape index (κ1) is 15.0. The molecule has 1 aromatic rings. The van der Waals surface area contributed by atoms with E-state index in [1.807, 2.05) is 5.38 Å². The number of thiophene rings is 1. The second-order valence-electron chi connectivity index (χ2n) is 5.40. The zero-order valence-electron chi connectivity index (χ0n) is 11.9. The summed E-state index contributed by atoms with van der Waals surface area (Å²) >= 11 is 1.31. The summed E-state index contributed by atoms with van der Waals surface area (Å²) in [5.74, 6) is -0.138. The molecule has 3 atom stereocenters. The van der Waals surface area contributed by atoms with Crippen LogP contribution in [-0.2, 0) is 9.53 Å². The maximum Gasteiger partial charge on any atom is 0.349 e. The van der Waals surface area contributed by atoms with Crippen molar-refractivity contribution in [2.45, 2.75) is 51.7 Å². The zero-order valence-corrected chi connectivity index (χ0v) is 12.7. The SMILES string of the molecule is C[C@H](OC(=O)c1cccs1)C(=O)N[C@@H]1CCCC[C@@H]1C. The van der Waals surface area contributed by atoms with E-state index in [2.05, 4.69) is 12.2 Å². The van der Waals surface area contributed by atoms with Crippen LogP contribution in [0.1, 0.15) is 49.2 Å². The van der Waals surface area contributed by atoms with Gasteiger partial charge in [0.15, 0.2) is 6.10 Å². The molecule has 2 rings (SSSR count). The van der Waals surface area contributed by atoms with Crippen LogP contribution >= 0.6 is 11.3 Å². The molecular formula is C15H21NO3S. The van der Waals surface area contributed by atoms with Gasteiger partial charge >= 0.3 is 5.97 Å². The predicted octanol–water partition coefficient (Wildman–Crippen LogP) is 2.99. The molecular weight excluding hydrogens is 274 g/mol. The summed E-state index contributed by atoms with van der Waals surface area (Å²) < 4.78 is 5.19. The maximum atomic E-state index is 12.1. The largest absolute Gasteiger partial charge is 0.448 e. The number of carbonyl (C=O) groups excluding carboxylic acids is 2. The quantitative estimate of drug-likeness (QED) is 0.869. The van der Waals surface area contributed by atoms with Crippen molar-refractivity contribution < 1.29 is 14.3 Å². The lowest BCUT2D eigenvalue weighted by Crippen LogP contribution is -2.45. The van der Waals surface area contributed by atoms with Gasteiger partial charge in [0, 0.05) is 6.04 Å². The van der Waals surface area contributed by atoms with Gasteiger partial charge in [-0.1, -0.05) is 25.8 Å². The summed E-state index contributed by atoms with van der Waals surface area (Å²) in [6, 6.07) is 3.69. The molecule has 0 saturated heterocycles. The van der Waals surface area contributed by atoms with Crippen molar-refractivity contribution >= 4 is 23.2 Å². The van der Waals surface area contributed by atoms with Crippen molar-refractivity contribution in [1.29, 1.82) is 0 Å². The highest BCUT2D eigenvalue weighted by molar-refractivity contribution is 7.11. The third-order valence-corrected chi connectivity index (χ3v) is 4.66. The predicted molar refractivity (Wildman–Crippen MR) is 78.8 cm³/mol. The lowest BCUT2D eigenvalue weighted by atomic mass is 9.86. The molecule has 5 heteroatoms. The van der Waals surface area contributed by atoms with Crippen LogP contribution in [0.4, 0.5) is 0 Å². The molecule has 1 fully saturated rings. The van der Waals surface area contributed by atoms with Crippen LogP contribution in [0.5, 0.6) is 0 Å². The Bertz CT molecular complexity index is 458. The number of nitrogens with one attached hydrogen (secondary N) is 1. The van der Waals surface area contributed by atoms with Crippen molar-refractivity contribution in [3.05, 3.63) is 22.4 Å². The van der Waals surface area contributed by atoms with Crippen LogP contribution in [0.3, 0.4) is 0 Å². The number of hydrogen-bond donors (Lipinski definition) is 1. The topological polar surface area (TPSA) is 55.4 Å². The first-order chi connectivity index (χ1) is 9.58. The van der Waals surface area contributed by atoms with Gasteiger partial charge in [0.1, 0.15) is 4.88 Å². The number of amides is 1. The van der Waals surface area contributed by atoms with Gasteiger partial charge in [0.2, 0.25) is 0 Å². The van der Waals surface area contributed by atoms with Gasteiger partial charge in [-0.2, -0.15) is 0 Å². The Morgan fingerprint density at radius 3 is 2.80 bits per heavy atom. The van der Waals surface area contributed by atoms with Gasteiger partial charge in [-0.15, -0.1) is 11.3 Å². The Kier molecular flexibility index (Phi) is 5.17. The summed E-state index contributed by atoms with van der Waals surface area (Å²) in [6.07, 6.45) is 3.79. The summed E-state index contributed by atoms with van der Waals surface area (Å²) in [4.78, 5) is 24.4. The molecule has 110 valence electrons. The Labute approximate surface area is 123 Å². The van der Waals surface area contributed by atoms with Crippen LogP contribution in [0.15, 0.2) is 17.5 Å². The molecule has 1 saturated carbocycles. The third-order valence-electron chi connectivity index (χ3n) is 3.81. The molecule has 1 aliphatic rings. The first-order valence-electron chi connectivity index (χ1n) is 7.13. The van der Waals surface area contributed by atoms with E-state index in [0.29, 0.717) is 10.8 Å². The zero-order chi connectivity index (χ0) is 14.5. The second-order valence-corrected chi connectivity index (χ2v) is 6.35. The van der Waals surface area contributed by atoms with E-state index >= 15 is 0 Å². The van der Waals surface area contributed by atoms with Crippen molar-refractivity contribution in [2.24, 2.45) is 5.92 Å². The molecule has 0 radical (unpaired) electrons. The summed E-state index contributed by atoms with van der Waals surface area (Å²) in [5, 5.41) is 4.82. The Morgan fingerprint density at radius 1 is 1.40 bits per heavy atom. The highest BCUT2D eigenvalue weighted by Gasteiger charge is 2.26. The molecule has 1 aliphatic carbocycles. The van der Waals surface area contributed by atoms with Gasteiger partial charge < -0.3 is 10.1 Å². The van der Waals surface area contributed by atoms with Crippen LogP contribution in [0.25, 0.3) is 0 Å². The molecule has 0 aromatic carbocycles. The Hall–Kier alpha value is -1.36. The fourth-order valence-corrected chi connectivity index (χ4v) is 3.10. The molecule has 4 nitrogen and oxygen atoms in total. The highest BCUT2D eigenvalue weighted by Crippen LogP contribution is 2.23. The van der Waals surface area contributed by atoms with Gasteiger partial charge in [-0.25, -0.2) is 4.79 Å². The summed E-state index contributed by atoms with van der Waals surface area (Å²) in [6.45, 7) is 3.78. The molecule has 0 bridgehead atoms. The lowest BCUT2D eigenvalue weighted by Gasteiger charge is -2.30. The molecule has 0 unspecified atom stereocenters. The lowest BCUT2D eigenvalue weighted by molar-refractivity contribution is -0.130. The van der Waals surface area contributed by atoms with Crippen LogP contribution in [-0.4, -0.2) is 24.0 Å². The van der Waals surface area contributed by atoms with Crippen molar-refractivity contribution in [1.82, 2.24) is 5.32 Å². The van der Waals surface area contributed by atoms with E-state index in [1.165, 1.54) is 17.8 Å². The average Bonchev–Trinajstić information content (AvgIpc) is 2.95. The fraction of sp³-hybridized carbons (Fsp3) is 0.600. The average molecular weight is 295 g/mol. The standard InChI is InChI=1S/C15H21NO3S/c1-10-6-3-4-7-12(10)16-14(17)11(2)19-15(18)13-8-5-9-20-13/h5,8-12H,3-4,6-7H2,1-2H3,(H,16,17)/t10-,11-,12+/m0/s1. The van der Waals surface area contributed by atoms with Crippen molar-refractivity contribution in [3.8, 4) is 0 Å². The van der Waals surface area contributed by atoms with E-state index in [-0.39, 0.29) is 11.9 Å². The van der Waals surface area contributed by atoms with Crippen LogP contribution in [0.2, 0.25) is 0 Å². The minimum absolute atomic E-state index is 0.200. The highest BCUT2D eigenvalue weighted by atomic mass is 32.1. The van der Waals surface area contributed by atoms with E-state index in [0.717, 1.165) is 19.3 Å². The van der Waals surface area contributed by atoms with Crippen molar-refractivity contribution in [2.75, 3.05) is 0 Å². The van der Waals surface area contributed by atoms with Gasteiger partial charge in [0.25, 0.3) is 5.91 Å². The van der Waals surface area contributed by atoms with E-state index in [4.69, 9.17) is 4.74 Å². The van der Waals surface area contributed by atoms with E-state index < -0.39 is 12.1 Å². The maximum absolute atomic E-state index is 12.1. The summed E-state index contributed by atoms with van der Waals surface area (Å²) in [5.41, 5.74) is 0. The number of esters is 1. The number of hydrogen-bond acceptors (Lipinski definition) is 4. The summed E-state index contributed by atoms with van der Waals surface area (Å²) in [7, 11) is 0. The smallest absolute Gasteiger partial charge is 0.349 e. The molecule has 1 amide bonds. The minimum Gasteiger partial charge on any atom is -0.448 e.